The minimum Gasteiger partial charge on any atom is -0.478 e. The number of rotatable bonds is 5. The molecule has 0 fully saturated rings. The van der Waals surface area contributed by atoms with Gasteiger partial charge in [-0.1, -0.05) is 54.6 Å². The molecule has 0 atom stereocenters. The normalized spacial score (nSPS) is 13.0. The van der Waals surface area contributed by atoms with Gasteiger partial charge in [0.05, 0.1) is 6.54 Å². The molecule has 0 bridgehead atoms. The second-order valence-electron chi connectivity index (χ2n) is 6.26. The molecule has 1 N–H and O–H groups in total. The highest BCUT2D eigenvalue weighted by Gasteiger charge is 2.19. The van der Waals surface area contributed by atoms with E-state index >= 15 is 0 Å². The highest BCUT2D eigenvalue weighted by molar-refractivity contribution is 6.20. The highest BCUT2D eigenvalue weighted by Crippen LogP contribution is 2.32. The van der Waals surface area contributed by atoms with E-state index in [1.165, 1.54) is 6.07 Å². The van der Waals surface area contributed by atoms with Crippen LogP contribution >= 0.6 is 0 Å². The van der Waals surface area contributed by atoms with Crippen molar-refractivity contribution in [1.29, 1.82) is 0 Å². The van der Waals surface area contributed by atoms with Crippen molar-refractivity contribution in [1.82, 2.24) is 0 Å². The molecule has 0 aromatic heterocycles. The summed E-state index contributed by atoms with van der Waals surface area (Å²) in [4.78, 5) is 15.4. The summed E-state index contributed by atoms with van der Waals surface area (Å²) in [6, 6.07) is 21.8. The molecule has 0 spiro atoms. The molecule has 28 heavy (non-hydrogen) atoms. The van der Waals surface area contributed by atoms with Gasteiger partial charge in [0.2, 0.25) is 5.97 Å². The zero-order chi connectivity index (χ0) is 19.5. The monoisotopic (exact) mass is 373 g/mol. The number of carboxylic acids is 1. The van der Waals surface area contributed by atoms with Gasteiger partial charge in [0.25, 0.3) is 0 Å². The predicted octanol–water partition coefficient (Wildman–Crippen LogP) is 5.61. The molecule has 3 aromatic carbocycles. The quantitative estimate of drug-likeness (QED) is 0.632. The van der Waals surface area contributed by atoms with Crippen LogP contribution in [0.15, 0.2) is 83.9 Å². The van der Waals surface area contributed by atoms with Crippen LogP contribution in [0.2, 0.25) is 0 Å². The Hall–Kier alpha value is -3.73. The summed E-state index contributed by atoms with van der Waals surface area (Å²) < 4.78 is 19.6. The van der Waals surface area contributed by atoms with Crippen molar-refractivity contribution in [3.8, 4) is 22.6 Å². The van der Waals surface area contributed by atoms with Gasteiger partial charge < -0.3 is 9.84 Å². The Balaban J connectivity index is 1.67. The average molecular weight is 373 g/mol. The lowest BCUT2D eigenvalue weighted by Crippen LogP contribution is -2.02. The van der Waals surface area contributed by atoms with Crippen molar-refractivity contribution in [3.63, 3.8) is 0 Å². The zero-order valence-corrected chi connectivity index (χ0v) is 14.8. The first-order valence-electron chi connectivity index (χ1n) is 8.73. The van der Waals surface area contributed by atoms with Gasteiger partial charge in [0, 0.05) is 5.57 Å². The van der Waals surface area contributed by atoms with Gasteiger partial charge in [-0.2, -0.15) is 4.39 Å². The number of carboxylic acid groups (broad SMARTS) is 1. The van der Waals surface area contributed by atoms with Crippen molar-refractivity contribution in [2.75, 3.05) is 6.54 Å². The summed E-state index contributed by atoms with van der Waals surface area (Å²) in [5.41, 5.74) is 2.72. The van der Waals surface area contributed by atoms with Crippen LogP contribution in [0, 0.1) is 0 Å². The third-order valence-electron chi connectivity index (χ3n) is 4.44. The largest absolute Gasteiger partial charge is 0.478 e. The van der Waals surface area contributed by atoms with Crippen LogP contribution in [-0.4, -0.2) is 23.6 Å². The van der Waals surface area contributed by atoms with E-state index in [-0.39, 0.29) is 17.9 Å². The first-order valence-corrected chi connectivity index (χ1v) is 8.73. The van der Waals surface area contributed by atoms with Gasteiger partial charge in [-0.3, -0.25) is 4.99 Å². The molecule has 0 aliphatic carbocycles. The molecule has 5 heteroatoms. The number of ether oxygens (including phenoxy) is 1. The van der Waals surface area contributed by atoms with Crippen molar-refractivity contribution in [3.05, 3.63) is 90.0 Å². The number of aliphatic imine (C=N–C) groups is 1. The van der Waals surface area contributed by atoms with Gasteiger partial charge in [0.1, 0.15) is 17.1 Å². The summed E-state index contributed by atoms with van der Waals surface area (Å²) in [6.45, 7) is 0.258. The fourth-order valence-corrected chi connectivity index (χ4v) is 3.07. The van der Waals surface area contributed by atoms with E-state index in [1.54, 1.807) is 24.3 Å². The van der Waals surface area contributed by atoms with Crippen molar-refractivity contribution >= 4 is 17.5 Å². The second kappa shape index (κ2) is 7.48. The highest BCUT2D eigenvalue weighted by atomic mass is 19.1. The van der Waals surface area contributed by atoms with Gasteiger partial charge in [-0.25, -0.2) is 4.79 Å². The van der Waals surface area contributed by atoms with Crippen LogP contribution in [0.4, 0.5) is 4.39 Å². The number of aromatic carboxylic acids is 1. The molecule has 0 amide bonds. The third kappa shape index (κ3) is 3.55. The number of nitrogens with zero attached hydrogens (tertiary/aromatic N) is 1. The van der Waals surface area contributed by atoms with Crippen LogP contribution in [0.1, 0.15) is 15.9 Å². The van der Waals surface area contributed by atoms with Crippen molar-refractivity contribution in [2.24, 2.45) is 4.99 Å². The standard InChI is InChI=1S/C23H16FNO3/c24-22-19(11-12-25-22)17-9-10-21(20(14-17)23(26)27)28-18-8-4-7-16(13-18)15-5-2-1-3-6-15/h1-11,13-14H,12H2,(H,26,27). The molecular weight excluding hydrogens is 357 g/mol. The Bertz CT molecular complexity index is 1100. The number of carbonyl (C=O) groups is 1. The number of allylic oxidation sites excluding steroid dienone is 1. The SMILES string of the molecule is O=C(O)c1cc(C2=CCN=C2F)ccc1Oc1cccc(-c2ccccc2)c1. The summed E-state index contributed by atoms with van der Waals surface area (Å²) >= 11 is 0. The molecule has 0 saturated carbocycles. The molecule has 0 saturated heterocycles. The first kappa shape index (κ1) is 17.7. The topological polar surface area (TPSA) is 58.9 Å². The summed E-state index contributed by atoms with van der Waals surface area (Å²) in [6.07, 6.45) is 1.63. The lowest BCUT2D eigenvalue weighted by Gasteiger charge is -2.12. The van der Waals surface area contributed by atoms with Crippen LogP contribution < -0.4 is 4.74 Å². The minimum atomic E-state index is -1.15. The predicted molar refractivity (Wildman–Crippen MR) is 107 cm³/mol. The van der Waals surface area contributed by atoms with Gasteiger partial charge in [-0.05, 0) is 41.0 Å². The summed E-state index contributed by atoms with van der Waals surface area (Å²) in [5.74, 6) is -1.02. The maximum Gasteiger partial charge on any atom is 0.339 e. The number of hydrogen-bond acceptors (Lipinski definition) is 3. The molecule has 1 aliphatic rings. The third-order valence-corrected chi connectivity index (χ3v) is 4.44. The lowest BCUT2D eigenvalue weighted by molar-refractivity contribution is 0.0694. The maximum atomic E-state index is 13.8. The first-order chi connectivity index (χ1) is 13.6. The molecule has 4 rings (SSSR count). The Kier molecular flexibility index (Phi) is 4.72. The fraction of sp³-hybridized carbons (Fsp3) is 0.0435. The van der Waals surface area contributed by atoms with Crippen LogP contribution in [0.25, 0.3) is 16.7 Å². The van der Waals surface area contributed by atoms with E-state index in [9.17, 15) is 14.3 Å². The Morgan fingerprint density at radius 2 is 1.71 bits per heavy atom. The molecule has 3 aromatic rings. The van der Waals surface area contributed by atoms with E-state index in [0.717, 1.165) is 11.1 Å². The van der Waals surface area contributed by atoms with Gasteiger partial charge in [0.15, 0.2) is 0 Å². The molecule has 1 aliphatic heterocycles. The maximum absolute atomic E-state index is 13.8. The molecule has 4 nitrogen and oxygen atoms in total. The Labute approximate surface area is 161 Å². The molecule has 1 heterocycles. The van der Waals surface area contributed by atoms with E-state index in [4.69, 9.17) is 4.74 Å². The lowest BCUT2D eigenvalue weighted by atomic mass is 10.0. The van der Waals surface area contributed by atoms with Crippen molar-refractivity contribution < 1.29 is 19.0 Å². The van der Waals surface area contributed by atoms with Crippen LogP contribution in [0.3, 0.4) is 0 Å². The van der Waals surface area contributed by atoms with Gasteiger partial charge >= 0.3 is 5.97 Å². The summed E-state index contributed by atoms with van der Waals surface area (Å²) in [7, 11) is 0. The summed E-state index contributed by atoms with van der Waals surface area (Å²) in [5, 5.41) is 9.59. The number of halogens is 1. The molecule has 0 unspecified atom stereocenters. The van der Waals surface area contributed by atoms with Crippen molar-refractivity contribution in [2.45, 2.75) is 0 Å². The fourth-order valence-electron chi connectivity index (χ4n) is 3.07. The molecule has 0 radical (unpaired) electrons. The Morgan fingerprint density at radius 1 is 0.929 bits per heavy atom. The van der Waals surface area contributed by atoms with Crippen LogP contribution in [-0.2, 0) is 0 Å². The van der Waals surface area contributed by atoms with E-state index in [1.807, 2.05) is 48.5 Å². The number of hydrogen-bond donors (Lipinski definition) is 1. The Morgan fingerprint density at radius 3 is 2.43 bits per heavy atom. The number of benzene rings is 3. The smallest absolute Gasteiger partial charge is 0.339 e. The zero-order valence-electron chi connectivity index (χ0n) is 14.8. The van der Waals surface area contributed by atoms with E-state index in [0.29, 0.717) is 16.9 Å². The van der Waals surface area contributed by atoms with Gasteiger partial charge in [-0.15, -0.1) is 0 Å². The molecular formula is C23H16FNO3. The van der Waals surface area contributed by atoms with E-state index in [2.05, 4.69) is 4.99 Å². The average Bonchev–Trinajstić information content (AvgIpc) is 3.15. The van der Waals surface area contributed by atoms with Crippen LogP contribution in [0.5, 0.6) is 11.5 Å². The van der Waals surface area contributed by atoms with E-state index < -0.39 is 11.9 Å². The minimum absolute atomic E-state index is 0.0387. The second-order valence-corrected chi connectivity index (χ2v) is 6.26. The molecule has 138 valence electrons.